The number of esters is 3. The number of hydrogen-bond acceptors (Lipinski definition) is 7. The van der Waals surface area contributed by atoms with Gasteiger partial charge < -0.3 is 19.1 Å². The van der Waals surface area contributed by atoms with E-state index in [-0.39, 0.29) is 24.6 Å². The van der Waals surface area contributed by atoms with Crippen LogP contribution in [-0.2, 0) is 28.6 Å². The Morgan fingerprint density at radius 3 is 2.52 bits per heavy atom. The highest BCUT2D eigenvalue weighted by molar-refractivity contribution is 6.02. The summed E-state index contributed by atoms with van der Waals surface area (Å²) in [7, 11) is 2.52. The van der Waals surface area contributed by atoms with Crippen molar-refractivity contribution in [2.24, 2.45) is 5.41 Å². The van der Waals surface area contributed by atoms with Crippen LogP contribution in [0.1, 0.15) is 33.1 Å². The van der Waals surface area contributed by atoms with E-state index in [2.05, 4.69) is 0 Å². The highest BCUT2D eigenvalue weighted by Crippen LogP contribution is 2.52. The van der Waals surface area contributed by atoms with Gasteiger partial charge in [-0.05, 0) is 26.7 Å². The lowest BCUT2D eigenvalue weighted by molar-refractivity contribution is -0.162. The number of hydrogen-bond donors (Lipinski definition) is 0. The molecule has 0 saturated carbocycles. The summed E-state index contributed by atoms with van der Waals surface area (Å²) in [6.07, 6.45) is 1.36. The van der Waals surface area contributed by atoms with Crippen LogP contribution in [0.5, 0.6) is 0 Å². The van der Waals surface area contributed by atoms with E-state index in [0.29, 0.717) is 12.1 Å². The van der Waals surface area contributed by atoms with Gasteiger partial charge in [-0.1, -0.05) is 0 Å². The average molecular weight is 325 g/mol. The van der Waals surface area contributed by atoms with Gasteiger partial charge >= 0.3 is 17.9 Å². The van der Waals surface area contributed by atoms with E-state index in [0.717, 1.165) is 13.0 Å². The van der Waals surface area contributed by atoms with Crippen molar-refractivity contribution in [3.8, 4) is 0 Å². The Bertz CT molecular complexity index is 555. The van der Waals surface area contributed by atoms with E-state index in [4.69, 9.17) is 14.2 Å². The summed E-state index contributed by atoms with van der Waals surface area (Å²) < 4.78 is 14.9. The molecule has 0 aromatic carbocycles. The van der Waals surface area contributed by atoms with Gasteiger partial charge in [-0.15, -0.1) is 0 Å². The molecule has 0 aliphatic carbocycles. The molecule has 0 amide bonds. The van der Waals surface area contributed by atoms with Crippen LogP contribution >= 0.6 is 0 Å². The molecule has 128 valence electrons. The molecule has 1 fully saturated rings. The van der Waals surface area contributed by atoms with Gasteiger partial charge in [0.15, 0.2) is 0 Å². The van der Waals surface area contributed by atoms with Crippen LogP contribution in [0.2, 0.25) is 0 Å². The molecule has 0 aromatic heterocycles. The Morgan fingerprint density at radius 1 is 1.26 bits per heavy atom. The number of nitrogens with zero attached hydrogens (tertiary/aromatic N) is 1. The summed E-state index contributed by atoms with van der Waals surface area (Å²) in [4.78, 5) is 39.2. The summed E-state index contributed by atoms with van der Waals surface area (Å²) in [5.74, 6) is -1.73. The number of fused-ring (bicyclic) bond motifs is 1. The molecule has 2 aliphatic rings. The molecule has 0 radical (unpaired) electrons. The fourth-order valence-electron chi connectivity index (χ4n) is 3.88. The first-order valence-corrected chi connectivity index (χ1v) is 7.74. The molecule has 2 heterocycles. The molecule has 23 heavy (non-hydrogen) atoms. The zero-order chi connectivity index (χ0) is 17.2. The van der Waals surface area contributed by atoms with Crippen molar-refractivity contribution in [1.82, 2.24) is 4.90 Å². The van der Waals surface area contributed by atoms with Gasteiger partial charge in [-0.2, -0.15) is 0 Å². The van der Waals surface area contributed by atoms with Crippen LogP contribution in [-0.4, -0.2) is 56.2 Å². The van der Waals surface area contributed by atoms with Crippen molar-refractivity contribution in [2.75, 3.05) is 27.4 Å². The Balaban J connectivity index is 2.57. The van der Waals surface area contributed by atoms with Crippen LogP contribution in [0.4, 0.5) is 0 Å². The largest absolute Gasteiger partial charge is 0.468 e. The third-order valence-electron chi connectivity index (χ3n) is 4.73. The van der Waals surface area contributed by atoms with Crippen molar-refractivity contribution in [3.63, 3.8) is 0 Å². The number of carbonyl (C=O) groups excluding carboxylic acids is 3. The lowest BCUT2D eigenvalue weighted by Crippen LogP contribution is -2.48. The van der Waals surface area contributed by atoms with E-state index >= 15 is 0 Å². The highest BCUT2D eigenvalue weighted by Gasteiger charge is 2.62. The maximum Gasteiger partial charge on any atom is 0.336 e. The number of carbonyl (C=O) groups is 3. The third-order valence-corrected chi connectivity index (χ3v) is 4.73. The van der Waals surface area contributed by atoms with Crippen molar-refractivity contribution in [1.29, 1.82) is 0 Å². The molecule has 0 unspecified atom stereocenters. The van der Waals surface area contributed by atoms with Crippen molar-refractivity contribution in [3.05, 3.63) is 11.3 Å². The number of allylic oxidation sites excluding steroid dienone is 1. The van der Waals surface area contributed by atoms with Gasteiger partial charge in [0.25, 0.3) is 0 Å². The van der Waals surface area contributed by atoms with E-state index in [1.165, 1.54) is 14.2 Å². The zero-order valence-corrected chi connectivity index (χ0v) is 14.0. The number of methoxy groups -OCH3 is 2. The second-order valence-corrected chi connectivity index (χ2v) is 5.75. The van der Waals surface area contributed by atoms with E-state index in [9.17, 15) is 14.4 Å². The number of ether oxygens (including phenoxy) is 3. The van der Waals surface area contributed by atoms with Crippen molar-refractivity contribution < 1.29 is 28.6 Å². The monoisotopic (exact) mass is 325 g/mol. The van der Waals surface area contributed by atoms with Gasteiger partial charge in [0.1, 0.15) is 5.41 Å². The molecule has 0 spiro atoms. The Morgan fingerprint density at radius 2 is 1.96 bits per heavy atom. The summed E-state index contributed by atoms with van der Waals surface area (Å²) in [6, 6.07) is -0.284. The van der Waals surface area contributed by atoms with Crippen LogP contribution in [0.15, 0.2) is 11.3 Å². The molecule has 1 saturated heterocycles. The molecule has 7 nitrogen and oxygen atoms in total. The zero-order valence-electron chi connectivity index (χ0n) is 14.0. The molecule has 2 aliphatic heterocycles. The second-order valence-electron chi connectivity index (χ2n) is 5.75. The minimum Gasteiger partial charge on any atom is -0.468 e. The Labute approximate surface area is 135 Å². The summed E-state index contributed by atoms with van der Waals surface area (Å²) in [5.41, 5.74) is -0.479. The molecule has 7 heteroatoms. The second kappa shape index (κ2) is 6.60. The molecule has 0 bridgehead atoms. The molecule has 2 atom stereocenters. The van der Waals surface area contributed by atoms with E-state index < -0.39 is 23.3 Å². The van der Waals surface area contributed by atoms with Crippen LogP contribution in [0.25, 0.3) is 0 Å². The fourth-order valence-corrected chi connectivity index (χ4v) is 3.88. The minimum absolute atomic E-state index is 0.209. The minimum atomic E-state index is -1.37. The molecule has 0 aromatic rings. The van der Waals surface area contributed by atoms with E-state index in [1.54, 1.807) is 13.8 Å². The van der Waals surface area contributed by atoms with Crippen molar-refractivity contribution in [2.45, 2.75) is 39.2 Å². The third kappa shape index (κ3) is 2.58. The maximum absolute atomic E-state index is 12.7. The molecular weight excluding hydrogens is 302 g/mol. The number of rotatable bonds is 5. The predicted octanol–water partition coefficient (Wildman–Crippen LogP) is 1.02. The lowest BCUT2D eigenvalue weighted by Gasteiger charge is -2.33. The molecule has 2 rings (SSSR count). The fraction of sp³-hybridized carbons (Fsp3) is 0.688. The van der Waals surface area contributed by atoms with Crippen molar-refractivity contribution >= 4 is 17.9 Å². The first-order chi connectivity index (χ1) is 10.9. The summed E-state index contributed by atoms with van der Waals surface area (Å²) >= 11 is 0. The lowest BCUT2D eigenvalue weighted by atomic mass is 9.72. The van der Waals surface area contributed by atoms with Gasteiger partial charge in [0.2, 0.25) is 0 Å². The van der Waals surface area contributed by atoms with Crippen LogP contribution in [0.3, 0.4) is 0 Å². The standard InChI is InChI=1S/C16H23NO6/c1-5-23-12(18)9-16(15(20)22-4)11-7-6-8-17(11)10(2)13(16)14(19)21-3/h11H,5-9H2,1-4H3/t11-,16+/m1/s1. The van der Waals surface area contributed by atoms with Gasteiger partial charge in [-0.3, -0.25) is 9.59 Å². The molecular formula is C16H23NO6. The SMILES string of the molecule is CCOC(=O)C[C@@]1(C(=O)OC)C(C(=O)OC)=C(C)N2CCC[C@@H]21. The van der Waals surface area contributed by atoms with Gasteiger partial charge in [0, 0.05) is 18.3 Å². The predicted molar refractivity (Wildman–Crippen MR) is 80.1 cm³/mol. The van der Waals surface area contributed by atoms with Crippen LogP contribution < -0.4 is 0 Å². The topological polar surface area (TPSA) is 82.1 Å². The quantitative estimate of drug-likeness (QED) is 0.551. The van der Waals surface area contributed by atoms with Crippen LogP contribution in [0, 0.1) is 5.41 Å². The normalized spacial score (nSPS) is 26.1. The van der Waals surface area contributed by atoms with E-state index in [1.807, 2.05) is 4.90 Å². The summed E-state index contributed by atoms with van der Waals surface area (Å²) in [6.45, 7) is 4.42. The van der Waals surface area contributed by atoms with Gasteiger partial charge in [0.05, 0.1) is 32.8 Å². The average Bonchev–Trinajstić information content (AvgIpc) is 3.09. The Hall–Kier alpha value is -2.05. The maximum atomic E-state index is 12.7. The first-order valence-electron chi connectivity index (χ1n) is 7.74. The van der Waals surface area contributed by atoms with Gasteiger partial charge in [-0.25, -0.2) is 4.79 Å². The smallest absolute Gasteiger partial charge is 0.336 e. The first kappa shape index (κ1) is 17.3. The Kier molecular flexibility index (Phi) is 4.97. The summed E-state index contributed by atoms with van der Waals surface area (Å²) in [5, 5.41) is 0. The highest BCUT2D eigenvalue weighted by atomic mass is 16.5. The molecule has 0 N–H and O–H groups in total.